The minimum Gasteiger partial charge on any atom is -0.302 e. The first-order valence-electron chi connectivity index (χ1n) is 5.51. The Labute approximate surface area is 114 Å². The Hall–Kier alpha value is -1.73. The number of hydrogen-bond donors (Lipinski definition) is 1. The molecule has 0 bridgehead atoms. The highest BCUT2D eigenvalue weighted by atomic mass is 32.2. The van der Waals surface area contributed by atoms with Gasteiger partial charge >= 0.3 is 0 Å². The maximum Gasteiger partial charge on any atom is 0.227 e. The lowest BCUT2D eigenvalue weighted by atomic mass is 10.3. The van der Waals surface area contributed by atoms with Crippen molar-refractivity contribution in [3.63, 3.8) is 0 Å². The van der Waals surface area contributed by atoms with Crippen molar-refractivity contribution >= 4 is 42.4 Å². The molecule has 2 aromatic rings. The van der Waals surface area contributed by atoms with E-state index in [4.69, 9.17) is 0 Å². The van der Waals surface area contributed by atoms with Gasteiger partial charge in [0.1, 0.15) is 0 Å². The number of thiazole rings is 1. The fourth-order valence-electron chi connectivity index (χ4n) is 1.43. The summed E-state index contributed by atoms with van der Waals surface area (Å²) in [4.78, 5) is 15.8. The predicted octanol–water partition coefficient (Wildman–Crippen LogP) is 2.18. The molecular weight excluding hydrogens is 284 g/mol. The van der Waals surface area contributed by atoms with E-state index in [2.05, 4.69) is 16.9 Å². The van der Waals surface area contributed by atoms with Gasteiger partial charge in [0.25, 0.3) is 0 Å². The van der Waals surface area contributed by atoms with E-state index in [1.807, 2.05) is 24.3 Å². The van der Waals surface area contributed by atoms with Gasteiger partial charge < -0.3 is 5.32 Å². The van der Waals surface area contributed by atoms with Crippen molar-refractivity contribution in [3.8, 4) is 0 Å². The zero-order valence-electron chi connectivity index (χ0n) is 10.00. The highest BCUT2D eigenvalue weighted by molar-refractivity contribution is 7.94. The number of carbonyl (C=O) groups is 1. The Bertz CT molecular complexity index is 686. The molecule has 1 heterocycles. The smallest absolute Gasteiger partial charge is 0.227 e. The lowest BCUT2D eigenvalue weighted by Crippen LogP contribution is -2.15. The van der Waals surface area contributed by atoms with Crippen LogP contribution in [0.5, 0.6) is 0 Å². The quantitative estimate of drug-likeness (QED) is 0.917. The Kier molecular flexibility index (Phi) is 3.96. The second kappa shape index (κ2) is 5.50. The van der Waals surface area contributed by atoms with Gasteiger partial charge in [0.05, 0.1) is 16.0 Å². The first-order valence-corrected chi connectivity index (χ1v) is 8.04. The lowest BCUT2D eigenvalue weighted by molar-refractivity contribution is -0.115. The van der Waals surface area contributed by atoms with Crippen LogP contribution < -0.4 is 5.32 Å². The average molecular weight is 296 g/mol. The second-order valence-electron chi connectivity index (χ2n) is 3.82. The van der Waals surface area contributed by atoms with Gasteiger partial charge in [0.15, 0.2) is 15.0 Å². The number of benzene rings is 1. The van der Waals surface area contributed by atoms with E-state index >= 15 is 0 Å². The van der Waals surface area contributed by atoms with E-state index in [-0.39, 0.29) is 18.1 Å². The van der Waals surface area contributed by atoms with Crippen LogP contribution in [0.25, 0.3) is 10.2 Å². The number of fused-ring (bicyclic) bond motifs is 1. The van der Waals surface area contributed by atoms with Crippen molar-refractivity contribution < 1.29 is 13.2 Å². The van der Waals surface area contributed by atoms with Gasteiger partial charge in [-0.15, -0.1) is 0 Å². The normalized spacial score (nSPS) is 11.4. The van der Waals surface area contributed by atoms with Crippen LogP contribution in [0.2, 0.25) is 0 Å². The molecule has 0 saturated carbocycles. The summed E-state index contributed by atoms with van der Waals surface area (Å²) in [5, 5.41) is 3.93. The molecule has 1 N–H and O–H groups in total. The van der Waals surface area contributed by atoms with Crippen LogP contribution >= 0.6 is 11.3 Å². The molecule has 100 valence electrons. The fourth-order valence-corrected chi connectivity index (χ4v) is 2.94. The Morgan fingerprint density at radius 3 is 2.84 bits per heavy atom. The molecular formula is C12H12N2O3S2. The van der Waals surface area contributed by atoms with Gasteiger partial charge in [-0.25, -0.2) is 13.4 Å². The fraction of sp³-hybridized carbons (Fsp3) is 0.167. The summed E-state index contributed by atoms with van der Waals surface area (Å²) in [6, 6.07) is 7.52. The van der Waals surface area contributed by atoms with Gasteiger partial charge in [-0.2, -0.15) is 0 Å². The Balaban J connectivity index is 2.01. The van der Waals surface area contributed by atoms with Crippen LogP contribution in [0.1, 0.15) is 6.42 Å². The third kappa shape index (κ3) is 3.62. The SMILES string of the molecule is C=CS(=O)(=O)CCC(=O)Nc1nc2ccccc2s1. The summed E-state index contributed by atoms with van der Waals surface area (Å²) in [6.45, 7) is 3.19. The van der Waals surface area contributed by atoms with Crippen molar-refractivity contribution in [1.29, 1.82) is 0 Å². The predicted molar refractivity (Wildman–Crippen MR) is 76.9 cm³/mol. The summed E-state index contributed by atoms with van der Waals surface area (Å²) in [5.41, 5.74) is 0.807. The van der Waals surface area contributed by atoms with Crippen LogP contribution in [0, 0.1) is 0 Å². The highest BCUT2D eigenvalue weighted by Crippen LogP contribution is 2.25. The maximum atomic E-state index is 11.6. The van der Waals surface area contributed by atoms with Crippen LogP contribution in [0.15, 0.2) is 36.3 Å². The largest absolute Gasteiger partial charge is 0.302 e. The molecule has 1 aromatic carbocycles. The monoisotopic (exact) mass is 296 g/mol. The molecule has 0 atom stereocenters. The summed E-state index contributed by atoms with van der Waals surface area (Å²) < 4.78 is 23.3. The van der Waals surface area contributed by atoms with Gasteiger partial charge in [-0.3, -0.25) is 4.79 Å². The molecule has 1 aromatic heterocycles. The molecule has 2 rings (SSSR count). The van der Waals surface area contributed by atoms with Crippen LogP contribution in [-0.4, -0.2) is 25.1 Å². The zero-order valence-corrected chi connectivity index (χ0v) is 11.6. The second-order valence-corrected chi connectivity index (χ2v) is 6.92. The average Bonchev–Trinajstić information content (AvgIpc) is 2.78. The topological polar surface area (TPSA) is 76.1 Å². The molecule has 0 saturated heterocycles. The third-order valence-electron chi connectivity index (χ3n) is 2.41. The number of aromatic nitrogens is 1. The molecule has 0 unspecified atom stereocenters. The number of nitrogens with zero attached hydrogens (tertiary/aromatic N) is 1. The first kappa shape index (κ1) is 13.7. The molecule has 0 fully saturated rings. The van der Waals surface area contributed by atoms with Crippen molar-refractivity contribution in [1.82, 2.24) is 4.98 Å². The van der Waals surface area contributed by atoms with Gasteiger partial charge in [-0.1, -0.05) is 30.0 Å². The standard InChI is InChI=1S/C12H12N2O3S2/c1-2-19(16,17)8-7-11(15)14-12-13-9-5-3-4-6-10(9)18-12/h2-6H,1,7-8H2,(H,13,14,15). The lowest BCUT2D eigenvalue weighted by Gasteiger charge is -2.00. The summed E-state index contributed by atoms with van der Waals surface area (Å²) >= 11 is 1.35. The van der Waals surface area contributed by atoms with E-state index in [9.17, 15) is 13.2 Å². The molecule has 0 aliphatic rings. The van der Waals surface area contributed by atoms with E-state index in [1.165, 1.54) is 11.3 Å². The first-order chi connectivity index (χ1) is 9.00. The number of anilines is 1. The summed E-state index contributed by atoms with van der Waals surface area (Å²) in [6.07, 6.45) is -0.107. The van der Waals surface area contributed by atoms with Crippen molar-refractivity contribution in [2.75, 3.05) is 11.1 Å². The van der Waals surface area contributed by atoms with E-state index < -0.39 is 9.84 Å². The van der Waals surface area contributed by atoms with E-state index in [0.29, 0.717) is 5.13 Å². The summed E-state index contributed by atoms with van der Waals surface area (Å²) in [7, 11) is -3.35. The minimum absolute atomic E-state index is 0.107. The minimum atomic E-state index is -3.35. The molecule has 0 radical (unpaired) electrons. The van der Waals surface area contributed by atoms with Crippen molar-refractivity contribution in [2.24, 2.45) is 0 Å². The number of hydrogen-bond acceptors (Lipinski definition) is 5. The molecule has 1 amide bonds. The number of carbonyl (C=O) groups excluding carboxylic acids is 1. The van der Waals surface area contributed by atoms with Gasteiger partial charge in [0, 0.05) is 11.8 Å². The van der Waals surface area contributed by atoms with E-state index in [1.54, 1.807) is 0 Å². The third-order valence-corrected chi connectivity index (χ3v) is 4.64. The Morgan fingerprint density at radius 1 is 1.42 bits per heavy atom. The number of para-hydroxylation sites is 1. The highest BCUT2D eigenvalue weighted by Gasteiger charge is 2.11. The molecule has 0 spiro atoms. The molecule has 5 nitrogen and oxygen atoms in total. The van der Waals surface area contributed by atoms with Crippen LogP contribution in [-0.2, 0) is 14.6 Å². The molecule has 19 heavy (non-hydrogen) atoms. The van der Waals surface area contributed by atoms with Crippen LogP contribution in [0.4, 0.5) is 5.13 Å². The van der Waals surface area contributed by atoms with Crippen molar-refractivity contribution in [3.05, 3.63) is 36.3 Å². The Morgan fingerprint density at radius 2 is 2.16 bits per heavy atom. The van der Waals surface area contributed by atoms with Crippen LogP contribution in [0.3, 0.4) is 0 Å². The van der Waals surface area contributed by atoms with E-state index in [0.717, 1.165) is 15.6 Å². The number of amides is 1. The number of nitrogens with one attached hydrogen (secondary N) is 1. The molecule has 0 aliphatic carbocycles. The van der Waals surface area contributed by atoms with Crippen molar-refractivity contribution in [2.45, 2.75) is 6.42 Å². The number of sulfone groups is 1. The van der Waals surface area contributed by atoms with Gasteiger partial charge in [0.2, 0.25) is 5.91 Å². The van der Waals surface area contributed by atoms with Gasteiger partial charge in [-0.05, 0) is 12.1 Å². The maximum absolute atomic E-state index is 11.6. The zero-order chi connectivity index (χ0) is 13.9. The molecule has 0 aliphatic heterocycles. The summed E-state index contributed by atoms with van der Waals surface area (Å²) in [5.74, 6) is -0.614. The molecule has 7 heteroatoms. The number of rotatable bonds is 5.